The predicted octanol–water partition coefficient (Wildman–Crippen LogP) is 4.75. The second kappa shape index (κ2) is 8.39. The Labute approximate surface area is 142 Å². The van der Waals surface area contributed by atoms with Crippen molar-refractivity contribution >= 4 is 36.2 Å². The zero-order valence-corrected chi connectivity index (χ0v) is 14.8. The fourth-order valence-corrected chi connectivity index (χ4v) is 2.53. The average Bonchev–Trinajstić information content (AvgIpc) is 2.53. The van der Waals surface area contributed by atoms with Gasteiger partial charge >= 0.3 is 0 Å². The molecule has 0 fully saturated rings. The number of hydrogen-bond donors (Lipinski definition) is 0. The largest absolute Gasteiger partial charge is 0.292 e. The van der Waals surface area contributed by atoms with Crippen LogP contribution in [0.4, 0.5) is 11.4 Å². The van der Waals surface area contributed by atoms with E-state index in [4.69, 9.17) is 0 Å². The van der Waals surface area contributed by atoms with Crippen LogP contribution in [-0.4, -0.2) is 35.4 Å². The van der Waals surface area contributed by atoms with Gasteiger partial charge in [0, 0.05) is 14.1 Å². The number of aryl methyl sites for hydroxylation is 2. The molecule has 0 bridgehead atoms. The Morgan fingerprint density at radius 1 is 0.739 bits per heavy atom. The zero-order chi connectivity index (χ0) is 16.7. The summed E-state index contributed by atoms with van der Waals surface area (Å²) in [6, 6.07) is 16.1. The first-order valence-corrected chi connectivity index (χ1v) is 8.12. The van der Waals surface area contributed by atoms with Gasteiger partial charge in [0.05, 0.1) is 23.5 Å². The minimum Gasteiger partial charge on any atom is -0.292 e. The van der Waals surface area contributed by atoms with Crippen LogP contribution < -0.4 is 0 Å². The molecule has 0 aromatic heterocycles. The lowest BCUT2D eigenvalue weighted by atomic mass is 10.2. The summed E-state index contributed by atoms with van der Waals surface area (Å²) >= 11 is 1.52. The predicted molar refractivity (Wildman–Crippen MR) is 102 cm³/mol. The van der Waals surface area contributed by atoms with E-state index in [2.05, 4.69) is 36.0 Å². The lowest BCUT2D eigenvalue weighted by Crippen LogP contribution is -2.16. The third kappa shape index (κ3) is 5.45. The van der Waals surface area contributed by atoms with Crippen LogP contribution in [0.1, 0.15) is 11.1 Å². The first kappa shape index (κ1) is 17.1. The van der Waals surface area contributed by atoms with Crippen LogP contribution in [0.2, 0.25) is 0 Å². The van der Waals surface area contributed by atoms with Crippen LogP contribution in [0.3, 0.4) is 0 Å². The highest BCUT2D eigenvalue weighted by atomic mass is 32.2. The number of nitrogens with zero attached hydrogens (tertiary/aromatic N) is 4. The second-order valence-corrected chi connectivity index (χ2v) is 6.55. The summed E-state index contributed by atoms with van der Waals surface area (Å²) in [6.07, 6.45) is 3.62. The third-order valence-corrected chi connectivity index (χ3v) is 3.91. The molecule has 0 spiro atoms. The van der Waals surface area contributed by atoms with E-state index in [1.54, 1.807) is 0 Å². The highest BCUT2D eigenvalue weighted by Crippen LogP contribution is 2.19. The Kier molecular flexibility index (Phi) is 6.23. The molecule has 120 valence electrons. The standard InChI is InChI=1S/C18H22N4S/c1-15-9-5-7-11-17(15)19-13-21(3)23-22(4)14-20-18-12-8-6-10-16(18)2/h5-14H,1-4H3. The summed E-state index contributed by atoms with van der Waals surface area (Å²) in [7, 11) is 3.93. The molecule has 5 heteroatoms. The van der Waals surface area contributed by atoms with E-state index in [9.17, 15) is 0 Å². The van der Waals surface area contributed by atoms with Gasteiger partial charge in [0.15, 0.2) is 0 Å². The van der Waals surface area contributed by atoms with Crippen LogP contribution in [-0.2, 0) is 0 Å². The summed E-state index contributed by atoms with van der Waals surface area (Å²) in [6.45, 7) is 4.11. The van der Waals surface area contributed by atoms with Crippen molar-refractivity contribution in [3.8, 4) is 0 Å². The van der Waals surface area contributed by atoms with Gasteiger partial charge in [-0.2, -0.15) is 0 Å². The van der Waals surface area contributed by atoms with Crippen LogP contribution in [0.25, 0.3) is 0 Å². The number of para-hydroxylation sites is 2. The Balaban J connectivity index is 1.91. The van der Waals surface area contributed by atoms with Crippen molar-refractivity contribution in [3.05, 3.63) is 59.7 Å². The van der Waals surface area contributed by atoms with Crippen molar-refractivity contribution in [3.63, 3.8) is 0 Å². The van der Waals surface area contributed by atoms with Gasteiger partial charge < -0.3 is 0 Å². The normalized spacial score (nSPS) is 11.3. The molecule has 0 saturated carbocycles. The van der Waals surface area contributed by atoms with E-state index < -0.39 is 0 Å². The molecule has 0 saturated heterocycles. The van der Waals surface area contributed by atoms with Gasteiger partial charge in [-0.25, -0.2) is 9.98 Å². The zero-order valence-electron chi connectivity index (χ0n) is 14.0. The maximum atomic E-state index is 4.50. The van der Waals surface area contributed by atoms with Crippen LogP contribution in [0.5, 0.6) is 0 Å². The van der Waals surface area contributed by atoms with Gasteiger partial charge in [0.2, 0.25) is 0 Å². The fraction of sp³-hybridized carbons (Fsp3) is 0.222. The van der Waals surface area contributed by atoms with E-state index in [0.717, 1.165) is 22.5 Å². The first-order valence-electron chi connectivity index (χ1n) is 7.39. The topological polar surface area (TPSA) is 31.2 Å². The molecule has 2 aromatic rings. The molecule has 0 aliphatic heterocycles. The lowest BCUT2D eigenvalue weighted by Gasteiger charge is -2.17. The molecular formula is C18H22N4S. The second-order valence-electron chi connectivity index (χ2n) is 5.24. The van der Waals surface area contributed by atoms with E-state index in [1.807, 2.05) is 71.8 Å². The Bertz CT molecular complexity index is 637. The number of aliphatic imine (C=N–C) groups is 2. The van der Waals surface area contributed by atoms with E-state index in [0.29, 0.717) is 0 Å². The molecule has 0 aliphatic rings. The van der Waals surface area contributed by atoms with Crippen LogP contribution >= 0.6 is 12.1 Å². The monoisotopic (exact) mass is 326 g/mol. The van der Waals surface area contributed by atoms with Crippen molar-refractivity contribution in [2.24, 2.45) is 9.98 Å². The Morgan fingerprint density at radius 3 is 1.52 bits per heavy atom. The van der Waals surface area contributed by atoms with Crippen molar-refractivity contribution in [2.45, 2.75) is 13.8 Å². The summed E-state index contributed by atoms with van der Waals surface area (Å²) in [4.78, 5) is 9.00. The molecule has 0 heterocycles. The smallest absolute Gasteiger partial charge is 0.102 e. The molecule has 0 amide bonds. The molecule has 0 atom stereocenters. The highest BCUT2D eigenvalue weighted by molar-refractivity contribution is 7.95. The number of benzene rings is 2. The van der Waals surface area contributed by atoms with Gasteiger partial charge in [-0.3, -0.25) is 8.61 Å². The summed E-state index contributed by atoms with van der Waals surface area (Å²) in [5, 5.41) is 0. The van der Waals surface area contributed by atoms with Crippen molar-refractivity contribution in [1.29, 1.82) is 0 Å². The van der Waals surface area contributed by atoms with Crippen LogP contribution in [0.15, 0.2) is 58.5 Å². The molecule has 2 aromatic carbocycles. The molecule has 0 radical (unpaired) electrons. The van der Waals surface area contributed by atoms with Gasteiger partial charge in [-0.15, -0.1) is 0 Å². The molecule has 2 rings (SSSR count). The number of hydrogen-bond acceptors (Lipinski definition) is 3. The van der Waals surface area contributed by atoms with Crippen molar-refractivity contribution < 1.29 is 0 Å². The highest BCUT2D eigenvalue weighted by Gasteiger charge is 2.00. The summed E-state index contributed by atoms with van der Waals surface area (Å²) in [5.74, 6) is 0. The van der Waals surface area contributed by atoms with E-state index >= 15 is 0 Å². The van der Waals surface area contributed by atoms with Crippen LogP contribution in [0, 0.1) is 13.8 Å². The lowest BCUT2D eigenvalue weighted by molar-refractivity contribution is 0.779. The minimum atomic E-state index is 0.983. The fourth-order valence-electron chi connectivity index (χ4n) is 1.95. The third-order valence-electron chi connectivity index (χ3n) is 3.21. The number of rotatable bonds is 6. The van der Waals surface area contributed by atoms with Gasteiger partial charge in [-0.05, 0) is 37.1 Å². The van der Waals surface area contributed by atoms with E-state index in [-0.39, 0.29) is 0 Å². The SMILES string of the molecule is Cc1ccccc1N=CN(C)SN(C)C=Nc1ccccc1C. The quantitative estimate of drug-likeness (QED) is 0.436. The van der Waals surface area contributed by atoms with Crippen molar-refractivity contribution in [2.75, 3.05) is 14.1 Å². The van der Waals surface area contributed by atoms with Gasteiger partial charge in [0.25, 0.3) is 0 Å². The minimum absolute atomic E-state index is 0.983. The molecule has 23 heavy (non-hydrogen) atoms. The Morgan fingerprint density at radius 2 is 1.13 bits per heavy atom. The molecule has 0 N–H and O–H groups in total. The molecule has 0 unspecified atom stereocenters. The molecular weight excluding hydrogens is 304 g/mol. The van der Waals surface area contributed by atoms with Gasteiger partial charge in [-0.1, -0.05) is 36.4 Å². The maximum absolute atomic E-state index is 4.50. The van der Waals surface area contributed by atoms with Crippen molar-refractivity contribution in [1.82, 2.24) is 8.61 Å². The van der Waals surface area contributed by atoms with E-state index in [1.165, 1.54) is 12.1 Å². The summed E-state index contributed by atoms with van der Waals surface area (Å²) in [5.41, 5.74) is 4.29. The Hall–Kier alpha value is -2.27. The molecule has 0 aliphatic carbocycles. The average molecular weight is 326 g/mol. The maximum Gasteiger partial charge on any atom is 0.102 e. The molecule has 4 nitrogen and oxygen atoms in total. The first-order chi connectivity index (χ1) is 11.1. The summed E-state index contributed by atoms with van der Waals surface area (Å²) < 4.78 is 3.88. The van der Waals surface area contributed by atoms with Gasteiger partial charge in [0.1, 0.15) is 12.7 Å².